The Labute approximate surface area is 136 Å². The lowest BCUT2D eigenvalue weighted by Gasteiger charge is -2.17. The summed E-state index contributed by atoms with van der Waals surface area (Å²) in [6.07, 6.45) is 1.95. The molecule has 22 heavy (non-hydrogen) atoms. The van der Waals surface area contributed by atoms with Gasteiger partial charge in [-0.2, -0.15) is 0 Å². The molecule has 1 unspecified atom stereocenters. The minimum Gasteiger partial charge on any atom is -0.465 e. The van der Waals surface area contributed by atoms with E-state index in [1.54, 1.807) is 13.0 Å². The summed E-state index contributed by atoms with van der Waals surface area (Å²) in [5.41, 5.74) is 6.45. The molecule has 0 aromatic heterocycles. The summed E-state index contributed by atoms with van der Waals surface area (Å²) in [7, 11) is -2.59. The minimum atomic E-state index is -3.81. The standard InChI is InChI=1S/C14H20N2O4S.ClH/c1-9-3-6-13(11(7-9)14(17)20-2)21(18,19)16-12(8-15)10-4-5-10;/h3,6-7,10,12,16H,4-5,8,15H2,1-2H3;1H. The van der Waals surface area contributed by atoms with Crippen LogP contribution in [0, 0.1) is 12.8 Å². The molecule has 1 aromatic carbocycles. The van der Waals surface area contributed by atoms with Crippen molar-refractivity contribution in [3.05, 3.63) is 29.3 Å². The molecule has 3 N–H and O–H groups in total. The second-order valence-electron chi connectivity index (χ2n) is 5.29. The number of carbonyl (C=O) groups excluding carboxylic acids is 1. The van der Waals surface area contributed by atoms with Crippen LogP contribution in [-0.4, -0.2) is 34.1 Å². The summed E-state index contributed by atoms with van der Waals surface area (Å²) in [5, 5.41) is 0. The van der Waals surface area contributed by atoms with Gasteiger partial charge in [0.15, 0.2) is 0 Å². The van der Waals surface area contributed by atoms with Crippen LogP contribution in [0.5, 0.6) is 0 Å². The predicted octanol–water partition coefficient (Wildman–Crippen LogP) is 1.22. The number of nitrogens with two attached hydrogens (primary N) is 1. The fourth-order valence-electron chi connectivity index (χ4n) is 2.25. The highest BCUT2D eigenvalue weighted by molar-refractivity contribution is 7.89. The van der Waals surface area contributed by atoms with E-state index in [2.05, 4.69) is 9.46 Å². The van der Waals surface area contributed by atoms with Gasteiger partial charge in [-0.15, -0.1) is 12.4 Å². The van der Waals surface area contributed by atoms with E-state index >= 15 is 0 Å². The molecule has 1 aromatic rings. The zero-order chi connectivity index (χ0) is 15.6. The monoisotopic (exact) mass is 348 g/mol. The van der Waals surface area contributed by atoms with Crippen molar-refractivity contribution in [3.63, 3.8) is 0 Å². The number of ether oxygens (including phenoxy) is 1. The van der Waals surface area contributed by atoms with Crippen molar-refractivity contribution < 1.29 is 17.9 Å². The summed E-state index contributed by atoms with van der Waals surface area (Å²) >= 11 is 0. The molecule has 1 aliphatic carbocycles. The van der Waals surface area contributed by atoms with Crippen LogP contribution in [0.25, 0.3) is 0 Å². The third-order valence-electron chi connectivity index (χ3n) is 3.58. The zero-order valence-electron chi connectivity index (χ0n) is 12.5. The molecule has 0 saturated heterocycles. The minimum absolute atomic E-state index is 0. The largest absolute Gasteiger partial charge is 0.465 e. The maximum absolute atomic E-state index is 12.5. The molecular weight excluding hydrogens is 328 g/mol. The SMILES string of the molecule is COC(=O)c1cc(C)ccc1S(=O)(=O)NC(CN)C1CC1.Cl. The van der Waals surface area contributed by atoms with Crippen molar-refractivity contribution in [3.8, 4) is 0 Å². The number of nitrogens with one attached hydrogen (secondary N) is 1. The summed E-state index contributed by atoms with van der Waals surface area (Å²) in [6, 6.07) is 4.29. The van der Waals surface area contributed by atoms with Crippen LogP contribution < -0.4 is 10.5 Å². The van der Waals surface area contributed by atoms with Crippen LogP contribution in [0.1, 0.15) is 28.8 Å². The first-order valence-electron chi connectivity index (χ1n) is 6.80. The number of carbonyl (C=O) groups is 1. The molecule has 1 saturated carbocycles. The summed E-state index contributed by atoms with van der Waals surface area (Å²) in [5.74, 6) is -0.383. The Balaban J connectivity index is 0.00000242. The molecule has 0 radical (unpaired) electrons. The van der Waals surface area contributed by atoms with Crippen LogP contribution >= 0.6 is 12.4 Å². The highest BCUT2D eigenvalue weighted by atomic mass is 35.5. The molecule has 124 valence electrons. The molecular formula is C14H21ClN2O4S. The number of rotatable bonds is 6. The van der Waals surface area contributed by atoms with Gasteiger partial charge in [-0.05, 0) is 37.8 Å². The van der Waals surface area contributed by atoms with Gasteiger partial charge in [0.1, 0.15) is 0 Å². The Morgan fingerprint density at radius 3 is 2.59 bits per heavy atom. The molecule has 0 heterocycles. The Bertz CT molecular complexity index is 644. The fraction of sp³-hybridized carbons (Fsp3) is 0.500. The average Bonchev–Trinajstić information content (AvgIpc) is 3.28. The molecule has 1 fully saturated rings. The number of methoxy groups -OCH3 is 1. The van der Waals surface area contributed by atoms with Gasteiger partial charge >= 0.3 is 5.97 Å². The zero-order valence-corrected chi connectivity index (χ0v) is 14.2. The van der Waals surface area contributed by atoms with Gasteiger partial charge in [0.05, 0.1) is 17.6 Å². The first-order chi connectivity index (χ1) is 9.89. The maximum atomic E-state index is 12.5. The normalized spacial score (nSPS) is 15.8. The molecule has 0 spiro atoms. The molecule has 8 heteroatoms. The lowest BCUT2D eigenvalue weighted by molar-refractivity contribution is 0.0596. The van der Waals surface area contributed by atoms with Gasteiger partial charge in [0.2, 0.25) is 10.0 Å². The van der Waals surface area contributed by atoms with Gasteiger partial charge < -0.3 is 10.5 Å². The van der Waals surface area contributed by atoms with Crippen molar-refractivity contribution >= 4 is 28.4 Å². The van der Waals surface area contributed by atoms with Crippen molar-refractivity contribution in [2.24, 2.45) is 11.7 Å². The molecule has 1 aliphatic rings. The summed E-state index contributed by atoms with van der Waals surface area (Å²) < 4.78 is 32.3. The number of sulfonamides is 1. The maximum Gasteiger partial charge on any atom is 0.339 e. The predicted molar refractivity (Wildman–Crippen MR) is 85.7 cm³/mol. The van der Waals surface area contributed by atoms with Crippen molar-refractivity contribution in [2.45, 2.75) is 30.7 Å². The number of hydrogen-bond acceptors (Lipinski definition) is 5. The Morgan fingerprint density at radius 2 is 2.09 bits per heavy atom. The van der Waals surface area contributed by atoms with E-state index in [9.17, 15) is 13.2 Å². The topological polar surface area (TPSA) is 98.5 Å². The number of halogens is 1. The Hall–Kier alpha value is -1.15. The third kappa shape index (κ3) is 4.19. The number of esters is 1. The van der Waals surface area contributed by atoms with Crippen LogP contribution in [0.2, 0.25) is 0 Å². The highest BCUT2D eigenvalue weighted by Gasteiger charge is 2.34. The van der Waals surface area contributed by atoms with E-state index in [0.29, 0.717) is 0 Å². The van der Waals surface area contributed by atoms with Crippen LogP contribution in [-0.2, 0) is 14.8 Å². The van der Waals surface area contributed by atoms with Gasteiger partial charge in [-0.1, -0.05) is 11.6 Å². The van der Waals surface area contributed by atoms with Crippen molar-refractivity contribution in [1.29, 1.82) is 0 Å². The molecule has 2 rings (SSSR count). The smallest absolute Gasteiger partial charge is 0.339 e. The number of hydrogen-bond donors (Lipinski definition) is 2. The lowest BCUT2D eigenvalue weighted by atomic mass is 10.1. The molecule has 0 bridgehead atoms. The van der Waals surface area contributed by atoms with E-state index in [1.807, 2.05) is 0 Å². The van der Waals surface area contributed by atoms with E-state index in [4.69, 9.17) is 5.73 Å². The van der Waals surface area contributed by atoms with Gasteiger partial charge in [0.25, 0.3) is 0 Å². The molecule has 0 aliphatic heterocycles. The summed E-state index contributed by atoms with van der Waals surface area (Å²) in [6.45, 7) is 2.02. The van der Waals surface area contributed by atoms with Crippen LogP contribution in [0.4, 0.5) is 0 Å². The van der Waals surface area contributed by atoms with E-state index in [-0.39, 0.29) is 41.4 Å². The van der Waals surface area contributed by atoms with Gasteiger partial charge in [-0.3, -0.25) is 0 Å². The van der Waals surface area contributed by atoms with Crippen molar-refractivity contribution in [1.82, 2.24) is 4.72 Å². The van der Waals surface area contributed by atoms with Crippen molar-refractivity contribution in [2.75, 3.05) is 13.7 Å². The first-order valence-corrected chi connectivity index (χ1v) is 8.28. The van der Waals surface area contributed by atoms with Gasteiger partial charge in [-0.25, -0.2) is 17.9 Å². The Kier molecular flexibility index (Phi) is 6.37. The van der Waals surface area contributed by atoms with E-state index in [1.165, 1.54) is 19.2 Å². The van der Waals surface area contributed by atoms with Crippen LogP contribution in [0.3, 0.4) is 0 Å². The van der Waals surface area contributed by atoms with Gasteiger partial charge in [0, 0.05) is 12.6 Å². The van der Waals surface area contributed by atoms with Crippen LogP contribution in [0.15, 0.2) is 23.1 Å². The molecule has 1 atom stereocenters. The first kappa shape index (κ1) is 18.9. The lowest BCUT2D eigenvalue weighted by Crippen LogP contribution is -2.42. The highest BCUT2D eigenvalue weighted by Crippen LogP contribution is 2.33. The molecule has 0 amide bonds. The van der Waals surface area contributed by atoms with E-state index < -0.39 is 16.0 Å². The average molecular weight is 349 g/mol. The fourth-order valence-corrected chi connectivity index (χ4v) is 3.74. The number of benzene rings is 1. The number of aryl methyl sites for hydroxylation is 1. The van der Waals surface area contributed by atoms with E-state index in [0.717, 1.165) is 18.4 Å². The molecule has 6 nitrogen and oxygen atoms in total. The second kappa shape index (κ2) is 7.41. The second-order valence-corrected chi connectivity index (χ2v) is 6.97. The third-order valence-corrected chi connectivity index (χ3v) is 5.13. The Morgan fingerprint density at radius 1 is 1.45 bits per heavy atom. The summed E-state index contributed by atoms with van der Waals surface area (Å²) in [4.78, 5) is 11.7. The quantitative estimate of drug-likeness (QED) is 0.753.